The van der Waals surface area contributed by atoms with E-state index in [1.807, 2.05) is 61.5 Å². The molecule has 4 nitrogen and oxygen atoms in total. The Morgan fingerprint density at radius 3 is 2.56 bits per heavy atom. The zero-order valence-electron chi connectivity index (χ0n) is 14.1. The van der Waals surface area contributed by atoms with E-state index in [-0.39, 0.29) is 0 Å². The number of fused-ring (bicyclic) bond motifs is 1. The van der Waals surface area contributed by atoms with Gasteiger partial charge in [-0.25, -0.2) is 0 Å². The first-order valence-electron chi connectivity index (χ1n) is 7.90. The van der Waals surface area contributed by atoms with Crippen LogP contribution < -0.4 is 15.5 Å². The number of benzene rings is 3. The number of methoxy groups -OCH3 is 1. The molecule has 0 aromatic heterocycles. The van der Waals surface area contributed by atoms with Crippen LogP contribution in [0.25, 0.3) is 10.8 Å². The minimum absolute atomic E-state index is 0.430. The molecule has 0 bridgehead atoms. The quantitative estimate of drug-likeness (QED) is 0.414. The Morgan fingerprint density at radius 1 is 1.04 bits per heavy atom. The molecular weight excluding hydrogens is 330 g/mol. The maximum Gasteiger partial charge on any atom is 0.191 e. The van der Waals surface area contributed by atoms with Crippen LogP contribution in [0.2, 0.25) is 0 Å². The number of aryl methyl sites for hydroxylation is 1. The summed E-state index contributed by atoms with van der Waals surface area (Å²) >= 11 is 5.27. The first kappa shape index (κ1) is 16.9. The molecule has 0 fully saturated rings. The highest BCUT2D eigenvalue weighted by atomic mass is 32.1. The number of nitrogens with zero attached hydrogens (tertiary/aromatic N) is 1. The third-order valence-electron chi connectivity index (χ3n) is 3.82. The molecule has 0 amide bonds. The molecule has 3 rings (SSSR count). The lowest BCUT2D eigenvalue weighted by Gasteiger charge is -2.09. The van der Waals surface area contributed by atoms with E-state index in [0.29, 0.717) is 5.11 Å². The Labute approximate surface area is 152 Å². The first-order valence-corrected chi connectivity index (χ1v) is 8.30. The molecule has 0 heterocycles. The lowest BCUT2D eigenvalue weighted by Crippen LogP contribution is -2.23. The van der Waals surface area contributed by atoms with Crippen molar-refractivity contribution in [1.82, 2.24) is 5.43 Å². The minimum Gasteiger partial charge on any atom is -0.496 e. The van der Waals surface area contributed by atoms with Crippen molar-refractivity contribution in [3.8, 4) is 5.75 Å². The maximum atomic E-state index is 5.45. The zero-order valence-corrected chi connectivity index (χ0v) is 14.9. The molecule has 0 unspecified atom stereocenters. The van der Waals surface area contributed by atoms with Gasteiger partial charge in [-0.3, -0.25) is 5.43 Å². The summed E-state index contributed by atoms with van der Waals surface area (Å²) < 4.78 is 5.45. The number of thiocarbonyl (C=S) groups is 1. The predicted molar refractivity (Wildman–Crippen MR) is 109 cm³/mol. The molecule has 0 aliphatic heterocycles. The summed E-state index contributed by atoms with van der Waals surface area (Å²) in [4.78, 5) is 0. The molecule has 25 heavy (non-hydrogen) atoms. The van der Waals surface area contributed by atoms with Crippen LogP contribution in [-0.2, 0) is 0 Å². The molecule has 5 heteroatoms. The Hall–Kier alpha value is -2.92. The molecule has 0 aliphatic rings. The largest absolute Gasteiger partial charge is 0.496 e. The highest BCUT2D eigenvalue weighted by molar-refractivity contribution is 7.80. The lowest BCUT2D eigenvalue weighted by atomic mass is 10.0. The van der Waals surface area contributed by atoms with Gasteiger partial charge in [-0.05, 0) is 48.1 Å². The molecule has 0 saturated carbocycles. The van der Waals surface area contributed by atoms with Crippen molar-refractivity contribution < 1.29 is 4.74 Å². The van der Waals surface area contributed by atoms with Gasteiger partial charge in [-0.15, -0.1) is 0 Å². The van der Waals surface area contributed by atoms with E-state index >= 15 is 0 Å². The van der Waals surface area contributed by atoms with E-state index in [2.05, 4.69) is 21.9 Å². The van der Waals surface area contributed by atoms with Crippen LogP contribution in [-0.4, -0.2) is 18.4 Å². The standard InChI is InChI=1S/C20H19N3OS/c1-14-7-10-16(11-8-14)22-20(25)23-21-13-18-17-6-4-3-5-15(17)9-12-19(18)24-2/h3-13H,1-2H3,(H2,22,23,25)/b21-13-. The highest BCUT2D eigenvalue weighted by Crippen LogP contribution is 2.26. The summed E-state index contributed by atoms with van der Waals surface area (Å²) in [5.74, 6) is 0.765. The SMILES string of the molecule is COc1ccc2ccccc2c1/C=N\NC(=S)Nc1ccc(C)cc1. The molecule has 126 valence electrons. The van der Waals surface area contributed by atoms with E-state index in [0.717, 1.165) is 27.8 Å². The number of hydrazone groups is 1. The monoisotopic (exact) mass is 349 g/mol. The fourth-order valence-corrected chi connectivity index (χ4v) is 2.71. The van der Waals surface area contributed by atoms with Crippen LogP contribution in [0, 0.1) is 6.92 Å². The number of anilines is 1. The van der Waals surface area contributed by atoms with Crippen LogP contribution in [0.15, 0.2) is 65.8 Å². The van der Waals surface area contributed by atoms with Gasteiger partial charge in [-0.1, -0.05) is 48.0 Å². The number of hydrogen-bond donors (Lipinski definition) is 2. The van der Waals surface area contributed by atoms with Gasteiger partial charge in [0.25, 0.3) is 0 Å². The van der Waals surface area contributed by atoms with Crippen molar-refractivity contribution >= 4 is 40.0 Å². The fourth-order valence-electron chi connectivity index (χ4n) is 2.54. The predicted octanol–water partition coefficient (Wildman–Crippen LogP) is 4.48. The Balaban J connectivity index is 1.74. The molecule has 3 aromatic carbocycles. The molecule has 3 aromatic rings. The van der Waals surface area contributed by atoms with E-state index in [4.69, 9.17) is 17.0 Å². The van der Waals surface area contributed by atoms with E-state index < -0.39 is 0 Å². The molecule has 0 radical (unpaired) electrons. The van der Waals surface area contributed by atoms with Gasteiger partial charge in [0, 0.05) is 11.3 Å². The molecule has 2 N–H and O–H groups in total. The Kier molecular flexibility index (Phi) is 5.26. The number of hydrogen-bond acceptors (Lipinski definition) is 3. The van der Waals surface area contributed by atoms with E-state index in [1.165, 1.54) is 5.56 Å². The Bertz CT molecular complexity index is 920. The van der Waals surface area contributed by atoms with E-state index in [1.54, 1.807) is 13.3 Å². The second kappa shape index (κ2) is 7.77. The summed E-state index contributed by atoms with van der Waals surface area (Å²) in [6, 6.07) is 20.1. The molecular formula is C20H19N3OS. The van der Waals surface area contributed by atoms with Crippen LogP contribution in [0.3, 0.4) is 0 Å². The van der Waals surface area contributed by atoms with Gasteiger partial charge in [0.05, 0.1) is 13.3 Å². The van der Waals surface area contributed by atoms with Crippen molar-refractivity contribution in [3.63, 3.8) is 0 Å². The van der Waals surface area contributed by atoms with Crippen molar-refractivity contribution in [1.29, 1.82) is 0 Å². The number of rotatable bonds is 4. The first-order chi connectivity index (χ1) is 12.2. The van der Waals surface area contributed by atoms with Crippen LogP contribution in [0.4, 0.5) is 5.69 Å². The smallest absolute Gasteiger partial charge is 0.191 e. The third-order valence-corrected chi connectivity index (χ3v) is 4.01. The van der Waals surface area contributed by atoms with Gasteiger partial charge >= 0.3 is 0 Å². The summed E-state index contributed by atoms with van der Waals surface area (Å²) in [6.45, 7) is 2.04. The lowest BCUT2D eigenvalue weighted by molar-refractivity contribution is 0.415. The van der Waals surface area contributed by atoms with Crippen molar-refractivity contribution in [2.45, 2.75) is 6.92 Å². The van der Waals surface area contributed by atoms with Gasteiger partial charge in [0.2, 0.25) is 0 Å². The Morgan fingerprint density at radius 2 is 1.80 bits per heavy atom. The topological polar surface area (TPSA) is 45.6 Å². The van der Waals surface area contributed by atoms with Crippen LogP contribution >= 0.6 is 12.2 Å². The molecule has 0 spiro atoms. The minimum atomic E-state index is 0.430. The molecule has 0 atom stereocenters. The van der Waals surface area contributed by atoms with Crippen molar-refractivity contribution in [2.24, 2.45) is 5.10 Å². The average Bonchev–Trinajstić information content (AvgIpc) is 2.63. The van der Waals surface area contributed by atoms with Crippen molar-refractivity contribution in [2.75, 3.05) is 12.4 Å². The highest BCUT2D eigenvalue weighted by Gasteiger charge is 2.06. The fraction of sp³-hybridized carbons (Fsp3) is 0.100. The summed E-state index contributed by atoms with van der Waals surface area (Å²) in [7, 11) is 1.65. The number of ether oxygens (including phenoxy) is 1. The van der Waals surface area contributed by atoms with Gasteiger partial charge in [0.1, 0.15) is 5.75 Å². The zero-order chi connectivity index (χ0) is 17.6. The second-order valence-electron chi connectivity index (χ2n) is 5.59. The molecule has 0 aliphatic carbocycles. The molecule has 0 saturated heterocycles. The van der Waals surface area contributed by atoms with Gasteiger partial charge in [-0.2, -0.15) is 5.10 Å². The maximum absolute atomic E-state index is 5.45. The average molecular weight is 349 g/mol. The normalized spacial score (nSPS) is 10.8. The summed E-state index contributed by atoms with van der Waals surface area (Å²) in [6.07, 6.45) is 1.73. The summed E-state index contributed by atoms with van der Waals surface area (Å²) in [5, 5.41) is 9.99. The number of nitrogens with one attached hydrogen (secondary N) is 2. The second-order valence-corrected chi connectivity index (χ2v) is 6.00. The van der Waals surface area contributed by atoms with Crippen LogP contribution in [0.5, 0.6) is 5.75 Å². The van der Waals surface area contributed by atoms with Crippen molar-refractivity contribution in [3.05, 3.63) is 71.8 Å². The van der Waals surface area contributed by atoms with Crippen LogP contribution in [0.1, 0.15) is 11.1 Å². The third kappa shape index (κ3) is 4.14. The van der Waals surface area contributed by atoms with E-state index in [9.17, 15) is 0 Å². The van der Waals surface area contributed by atoms with Gasteiger partial charge in [0.15, 0.2) is 5.11 Å². The van der Waals surface area contributed by atoms with Gasteiger partial charge < -0.3 is 10.1 Å². The summed E-state index contributed by atoms with van der Waals surface area (Å²) in [5.41, 5.74) is 5.87.